The molecule has 1 fully saturated rings. The average molecular weight is 299 g/mol. The maximum absolute atomic E-state index is 12.2. The maximum atomic E-state index is 12.2. The molecule has 2 aromatic rings. The van der Waals surface area contributed by atoms with Gasteiger partial charge in [0.05, 0.1) is 11.7 Å². The fourth-order valence-corrected chi connectivity index (χ4v) is 2.80. The Hall–Kier alpha value is -2.18. The van der Waals surface area contributed by atoms with Crippen LogP contribution in [0.25, 0.3) is 5.69 Å². The second kappa shape index (κ2) is 6.29. The van der Waals surface area contributed by atoms with Gasteiger partial charge in [-0.05, 0) is 25.0 Å². The molecule has 1 aliphatic heterocycles. The molecule has 1 aromatic heterocycles. The van der Waals surface area contributed by atoms with Crippen LogP contribution in [0.1, 0.15) is 17.8 Å². The van der Waals surface area contributed by atoms with Crippen molar-refractivity contribution in [3.8, 4) is 5.69 Å². The van der Waals surface area contributed by atoms with Crippen LogP contribution in [-0.2, 0) is 11.3 Å². The van der Waals surface area contributed by atoms with Crippen molar-refractivity contribution >= 4 is 5.91 Å². The van der Waals surface area contributed by atoms with Gasteiger partial charge in [0, 0.05) is 31.5 Å². The largest absolute Gasteiger partial charge is 0.351 e. The lowest BCUT2D eigenvalue weighted by Crippen LogP contribution is -2.40. The molecule has 4 N–H and O–H groups in total. The molecule has 22 heavy (non-hydrogen) atoms. The lowest BCUT2D eigenvalue weighted by Gasteiger charge is -2.15. The minimum atomic E-state index is -0.183. The number of para-hydroxylation sites is 1. The average Bonchev–Trinajstić information content (AvgIpc) is 3.14. The number of carbonyl (C=O) groups excluding carboxylic acids is 1. The first-order chi connectivity index (χ1) is 10.6. The van der Waals surface area contributed by atoms with E-state index >= 15 is 0 Å². The Morgan fingerprint density at radius 1 is 1.50 bits per heavy atom. The number of imidazole rings is 1. The Kier molecular flexibility index (Phi) is 4.22. The number of rotatable bonds is 4. The zero-order valence-corrected chi connectivity index (χ0v) is 12.6. The number of carbonyl (C=O) groups is 1. The Morgan fingerprint density at radius 2 is 2.32 bits per heavy atom. The van der Waals surface area contributed by atoms with Gasteiger partial charge in [-0.25, -0.2) is 4.98 Å². The number of nitrogens with two attached hydrogens (primary N) is 1. The zero-order valence-electron chi connectivity index (χ0n) is 12.6. The van der Waals surface area contributed by atoms with Crippen molar-refractivity contribution in [2.45, 2.75) is 32.0 Å². The summed E-state index contributed by atoms with van der Waals surface area (Å²) in [5.74, 6) is 0.923. The topological polar surface area (TPSA) is 85.0 Å². The SMILES string of the molecule is Cc1nccn1-c1ccccc1CNC(=O)[C@@H]1C[C@@H](N)CN1. The molecule has 0 unspecified atom stereocenters. The monoisotopic (exact) mass is 299 g/mol. The highest BCUT2D eigenvalue weighted by molar-refractivity contribution is 5.82. The van der Waals surface area contributed by atoms with E-state index < -0.39 is 0 Å². The summed E-state index contributed by atoms with van der Waals surface area (Å²) < 4.78 is 2.02. The number of benzene rings is 1. The fraction of sp³-hybridized carbons (Fsp3) is 0.375. The van der Waals surface area contributed by atoms with Gasteiger partial charge in [-0.3, -0.25) is 4.79 Å². The number of aryl methyl sites for hydroxylation is 1. The third kappa shape index (κ3) is 3.03. The summed E-state index contributed by atoms with van der Waals surface area (Å²) in [5.41, 5.74) is 7.91. The van der Waals surface area contributed by atoms with E-state index in [4.69, 9.17) is 5.73 Å². The molecule has 2 heterocycles. The van der Waals surface area contributed by atoms with Gasteiger partial charge in [-0.1, -0.05) is 18.2 Å². The highest BCUT2D eigenvalue weighted by Gasteiger charge is 2.26. The van der Waals surface area contributed by atoms with Gasteiger partial charge in [0.2, 0.25) is 5.91 Å². The number of hydrogen-bond acceptors (Lipinski definition) is 4. The van der Waals surface area contributed by atoms with Crippen LogP contribution in [0.2, 0.25) is 0 Å². The van der Waals surface area contributed by atoms with Crippen LogP contribution < -0.4 is 16.4 Å². The molecule has 116 valence electrons. The highest BCUT2D eigenvalue weighted by Crippen LogP contribution is 2.16. The van der Waals surface area contributed by atoms with Crippen molar-refractivity contribution in [2.75, 3.05) is 6.54 Å². The Morgan fingerprint density at radius 3 is 3.00 bits per heavy atom. The molecular weight excluding hydrogens is 278 g/mol. The summed E-state index contributed by atoms with van der Waals surface area (Å²) in [6.07, 6.45) is 4.39. The van der Waals surface area contributed by atoms with E-state index in [1.165, 1.54) is 0 Å². The lowest BCUT2D eigenvalue weighted by atomic mass is 10.1. The second-order valence-corrected chi connectivity index (χ2v) is 5.65. The minimum Gasteiger partial charge on any atom is -0.351 e. The molecule has 0 bridgehead atoms. The smallest absolute Gasteiger partial charge is 0.237 e. The molecule has 3 rings (SSSR count). The van der Waals surface area contributed by atoms with E-state index in [0.29, 0.717) is 19.5 Å². The molecule has 0 radical (unpaired) electrons. The molecule has 1 aromatic carbocycles. The minimum absolute atomic E-state index is 0.00473. The number of hydrogen-bond donors (Lipinski definition) is 3. The fourth-order valence-electron chi connectivity index (χ4n) is 2.80. The van der Waals surface area contributed by atoms with Crippen molar-refractivity contribution in [1.82, 2.24) is 20.2 Å². The third-order valence-corrected chi connectivity index (χ3v) is 4.01. The molecule has 1 amide bonds. The number of aromatic nitrogens is 2. The van der Waals surface area contributed by atoms with E-state index in [1.54, 1.807) is 6.20 Å². The van der Waals surface area contributed by atoms with Gasteiger partial charge in [0.25, 0.3) is 0 Å². The summed E-state index contributed by atoms with van der Waals surface area (Å²) in [7, 11) is 0. The molecule has 0 saturated carbocycles. The Labute approximate surface area is 129 Å². The van der Waals surface area contributed by atoms with E-state index in [9.17, 15) is 4.79 Å². The first kappa shape index (κ1) is 14.7. The van der Waals surface area contributed by atoms with Gasteiger partial charge in [-0.15, -0.1) is 0 Å². The van der Waals surface area contributed by atoms with Gasteiger partial charge < -0.3 is 20.9 Å². The number of nitrogens with one attached hydrogen (secondary N) is 2. The Balaban J connectivity index is 1.71. The summed E-state index contributed by atoms with van der Waals surface area (Å²) in [6, 6.07) is 7.88. The molecule has 6 nitrogen and oxygen atoms in total. The molecule has 1 aliphatic rings. The lowest BCUT2D eigenvalue weighted by molar-refractivity contribution is -0.122. The first-order valence-corrected chi connectivity index (χ1v) is 7.50. The van der Waals surface area contributed by atoms with Crippen LogP contribution in [0.15, 0.2) is 36.7 Å². The molecule has 6 heteroatoms. The summed E-state index contributed by atoms with van der Waals surface area (Å²) in [6.45, 7) is 3.14. The third-order valence-electron chi connectivity index (χ3n) is 4.01. The summed E-state index contributed by atoms with van der Waals surface area (Å²) in [5, 5.41) is 6.13. The van der Waals surface area contributed by atoms with Crippen molar-refractivity contribution < 1.29 is 4.79 Å². The normalized spacial score (nSPS) is 21.0. The first-order valence-electron chi connectivity index (χ1n) is 7.50. The molecular formula is C16H21N5O. The second-order valence-electron chi connectivity index (χ2n) is 5.65. The number of nitrogens with zero attached hydrogens (tertiary/aromatic N) is 2. The van der Waals surface area contributed by atoms with Crippen LogP contribution in [-0.4, -0.2) is 34.1 Å². The predicted molar refractivity (Wildman–Crippen MR) is 84.5 cm³/mol. The molecule has 2 atom stereocenters. The van der Waals surface area contributed by atoms with Crippen LogP contribution in [0, 0.1) is 6.92 Å². The van der Waals surface area contributed by atoms with Gasteiger partial charge >= 0.3 is 0 Å². The van der Waals surface area contributed by atoms with E-state index in [1.807, 2.05) is 42.0 Å². The van der Waals surface area contributed by atoms with Crippen molar-refractivity contribution in [3.63, 3.8) is 0 Å². The molecule has 0 aliphatic carbocycles. The van der Waals surface area contributed by atoms with Crippen molar-refractivity contribution in [3.05, 3.63) is 48.0 Å². The van der Waals surface area contributed by atoms with Crippen molar-refractivity contribution in [1.29, 1.82) is 0 Å². The van der Waals surface area contributed by atoms with Crippen LogP contribution >= 0.6 is 0 Å². The zero-order chi connectivity index (χ0) is 15.5. The molecule has 0 spiro atoms. The van der Waals surface area contributed by atoms with Crippen LogP contribution in [0.5, 0.6) is 0 Å². The van der Waals surface area contributed by atoms with Crippen molar-refractivity contribution in [2.24, 2.45) is 5.73 Å². The van der Waals surface area contributed by atoms with E-state index in [2.05, 4.69) is 15.6 Å². The summed E-state index contributed by atoms with van der Waals surface area (Å²) in [4.78, 5) is 16.4. The van der Waals surface area contributed by atoms with Crippen LogP contribution in [0.3, 0.4) is 0 Å². The van der Waals surface area contributed by atoms with Gasteiger partial charge in [0.1, 0.15) is 5.82 Å². The number of amides is 1. The predicted octanol–water partition coefficient (Wildman–Crippen LogP) is 0.486. The quantitative estimate of drug-likeness (QED) is 0.767. The van der Waals surface area contributed by atoms with Crippen LogP contribution in [0.4, 0.5) is 0 Å². The van der Waals surface area contributed by atoms with Gasteiger partial charge in [-0.2, -0.15) is 0 Å². The van der Waals surface area contributed by atoms with E-state index in [0.717, 1.165) is 17.1 Å². The van der Waals surface area contributed by atoms with E-state index in [-0.39, 0.29) is 18.0 Å². The standard InChI is InChI=1S/C16H21N5O/c1-11-18-6-7-21(11)15-5-3-2-4-12(15)9-20-16(22)14-8-13(17)10-19-14/h2-7,13-14,19H,8-10,17H2,1H3,(H,20,22)/t13-,14+/m1/s1. The van der Waals surface area contributed by atoms with Gasteiger partial charge in [0.15, 0.2) is 0 Å². The Bertz CT molecular complexity index is 666. The molecule has 1 saturated heterocycles. The summed E-state index contributed by atoms with van der Waals surface area (Å²) >= 11 is 0. The highest BCUT2D eigenvalue weighted by atomic mass is 16.2. The maximum Gasteiger partial charge on any atom is 0.237 e.